The number of carbonyl (C=O) groups excluding carboxylic acids is 1. The van der Waals surface area contributed by atoms with Gasteiger partial charge in [-0.1, -0.05) is 20.8 Å². The topological polar surface area (TPSA) is 121 Å². The first kappa shape index (κ1) is 15.4. The highest BCUT2D eigenvalue weighted by molar-refractivity contribution is 5.83. The van der Waals surface area contributed by atoms with Crippen LogP contribution in [0.3, 0.4) is 0 Å². The zero-order valence-electron chi connectivity index (χ0n) is 9.84. The Morgan fingerprint density at radius 1 is 1.18 bits per heavy atom. The van der Waals surface area contributed by atoms with Crippen molar-refractivity contribution in [3.8, 4) is 0 Å². The van der Waals surface area contributed by atoms with Crippen LogP contribution < -0.4 is 0 Å². The molecular weight excluding hydrogens is 232 g/mol. The van der Waals surface area contributed by atoms with Gasteiger partial charge in [-0.2, -0.15) is 0 Å². The monoisotopic (exact) mass is 248 g/mol. The van der Waals surface area contributed by atoms with Crippen molar-refractivity contribution in [1.82, 2.24) is 0 Å². The average molecular weight is 248 g/mol. The van der Waals surface area contributed by atoms with Crippen LogP contribution in [0.15, 0.2) is 0 Å². The van der Waals surface area contributed by atoms with E-state index in [4.69, 9.17) is 15.3 Å². The molecule has 0 aromatic carbocycles. The molecule has 0 fully saturated rings. The van der Waals surface area contributed by atoms with Gasteiger partial charge in [-0.3, -0.25) is 4.79 Å². The molecule has 0 saturated carbocycles. The highest BCUT2D eigenvalue weighted by Crippen LogP contribution is 2.23. The zero-order valence-corrected chi connectivity index (χ0v) is 9.84. The Hall–Kier alpha value is -1.63. The predicted octanol–water partition coefficient (Wildman–Crippen LogP) is -0.136. The fraction of sp³-hybridized carbons (Fsp3) is 0.700. The summed E-state index contributed by atoms with van der Waals surface area (Å²) in [5, 5.41) is 26.3. The lowest BCUT2D eigenvalue weighted by Crippen LogP contribution is -2.41. The summed E-state index contributed by atoms with van der Waals surface area (Å²) in [7, 11) is 0. The minimum Gasteiger partial charge on any atom is -0.481 e. The molecule has 2 unspecified atom stereocenters. The quantitative estimate of drug-likeness (QED) is 0.579. The van der Waals surface area contributed by atoms with Crippen LogP contribution in [-0.4, -0.2) is 45.4 Å². The number of carboxylic acids is 2. The van der Waals surface area contributed by atoms with Crippen molar-refractivity contribution < 1.29 is 34.4 Å². The molecule has 0 aliphatic carbocycles. The smallest absolute Gasteiger partial charge is 0.345 e. The number of hydrogen-bond acceptors (Lipinski definition) is 5. The lowest BCUT2D eigenvalue weighted by atomic mass is 9.89. The van der Waals surface area contributed by atoms with E-state index in [0.29, 0.717) is 0 Å². The third kappa shape index (κ3) is 5.30. The molecule has 0 spiro atoms. The largest absolute Gasteiger partial charge is 0.481 e. The second-order valence-electron chi connectivity index (χ2n) is 4.63. The van der Waals surface area contributed by atoms with E-state index >= 15 is 0 Å². The lowest BCUT2D eigenvalue weighted by molar-refractivity contribution is -0.178. The summed E-state index contributed by atoms with van der Waals surface area (Å²) in [6.45, 7) is 4.63. The summed E-state index contributed by atoms with van der Waals surface area (Å²) >= 11 is 0. The van der Waals surface area contributed by atoms with Gasteiger partial charge in [0.25, 0.3) is 0 Å². The Bertz CT molecular complexity index is 315. The van der Waals surface area contributed by atoms with Crippen LogP contribution in [-0.2, 0) is 19.1 Å². The van der Waals surface area contributed by atoms with Gasteiger partial charge in [-0.05, 0) is 0 Å². The van der Waals surface area contributed by atoms with Crippen molar-refractivity contribution in [3.05, 3.63) is 0 Å². The fourth-order valence-corrected chi connectivity index (χ4v) is 1.04. The molecule has 98 valence electrons. The number of hydrogen-bond donors (Lipinski definition) is 3. The normalized spacial score (nSPS) is 14.8. The molecule has 0 aliphatic heterocycles. The number of aliphatic hydroxyl groups is 1. The lowest BCUT2D eigenvalue weighted by Gasteiger charge is -2.27. The summed E-state index contributed by atoms with van der Waals surface area (Å²) < 4.78 is 4.59. The highest BCUT2D eigenvalue weighted by Gasteiger charge is 2.36. The van der Waals surface area contributed by atoms with E-state index in [2.05, 4.69) is 4.74 Å². The molecule has 0 rings (SSSR count). The molecule has 0 heterocycles. The zero-order chi connectivity index (χ0) is 13.8. The molecule has 0 saturated heterocycles. The number of aliphatic hydroxyl groups excluding tert-OH is 1. The van der Waals surface area contributed by atoms with E-state index < -0.39 is 42.0 Å². The van der Waals surface area contributed by atoms with Gasteiger partial charge in [0.2, 0.25) is 6.10 Å². The average Bonchev–Trinajstić information content (AvgIpc) is 2.09. The van der Waals surface area contributed by atoms with Gasteiger partial charge in [0.05, 0.1) is 6.42 Å². The minimum absolute atomic E-state index is 0.824. The van der Waals surface area contributed by atoms with E-state index in [0.717, 1.165) is 0 Å². The first-order valence-electron chi connectivity index (χ1n) is 4.89. The fourth-order valence-electron chi connectivity index (χ4n) is 1.04. The predicted molar refractivity (Wildman–Crippen MR) is 55.2 cm³/mol. The number of rotatable bonds is 5. The van der Waals surface area contributed by atoms with Crippen LogP contribution in [0.4, 0.5) is 0 Å². The molecule has 2 atom stereocenters. The van der Waals surface area contributed by atoms with Crippen LogP contribution >= 0.6 is 0 Å². The molecule has 3 N–H and O–H groups in total. The first-order valence-corrected chi connectivity index (χ1v) is 4.89. The number of ether oxygens (including phenoxy) is 1. The van der Waals surface area contributed by atoms with Gasteiger partial charge in [-0.25, -0.2) is 9.59 Å². The van der Waals surface area contributed by atoms with E-state index in [1.165, 1.54) is 0 Å². The molecule has 0 aromatic rings. The van der Waals surface area contributed by atoms with E-state index in [1.807, 2.05) is 0 Å². The summed E-state index contributed by atoms with van der Waals surface area (Å²) in [4.78, 5) is 32.3. The number of esters is 1. The van der Waals surface area contributed by atoms with Gasteiger partial charge < -0.3 is 20.1 Å². The van der Waals surface area contributed by atoms with Crippen LogP contribution in [0.2, 0.25) is 0 Å². The maximum Gasteiger partial charge on any atom is 0.345 e. The van der Waals surface area contributed by atoms with Gasteiger partial charge in [0.1, 0.15) is 0 Å². The number of carboxylic acid groups (broad SMARTS) is 2. The van der Waals surface area contributed by atoms with Gasteiger partial charge in [0, 0.05) is 5.41 Å². The molecule has 7 heteroatoms. The molecule has 17 heavy (non-hydrogen) atoms. The molecule has 0 radical (unpaired) electrons. The molecule has 0 amide bonds. The standard InChI is InChI=1S/C10H16O7/c1-10(2,3)7(8(14)15)17-9(16)5(11)4-6(12)13/h5,7,11H,4H2,1-3H3,(H,12,13)(H,14,15). The van der Waals surface area contributed by atoms with Crippen LogP contribution in [0.5, 0.6) is 0 Å². The second-order valence-corrected chi connectivity index (χ2v) is 4.63. The van der Waals surface area contributed by atoms with Gasteiger partial charge in [-0.15, -0.1) is 0 Å². The molecule has 0 aliphatic rings. The molecule has 0 aromatic heterocycles. The Kier molecular flexibility index (Phi) is 5.09. The molecule has 0 bridgehead atoms. The van der Waals surface area contributed by atoms with Crippen molar-refractivity contribution in [2.75, 3.05) is 0 Å². The third-order valence-electron chi connectivity index (χ3n) is 1.88. The summed E-state index contributed by atoms with van der Waals surface area (Å²) in [5.74, 6) is -3.99. The van der Waals surface area contributed by atoms with E-state index in [1.54, 1.807) is 20.8 Å². The summed E-state index contributed by atoms with van der Waals surface area (Å²) in [6.07, 6.45) is -4.13. The highest BCUT2D eigenvalue weighted by atomic mass is 16.6. The maximum absolute atomic E-state index is 11.2. The minimum atomic E-state index is -1.86. The number of carbonyl (C=O) groups is 3. The summed E-state index contributed by atoms with van der Waals surface area (Å²) in [5.41, 5.74) is -0.857. The van der Waals surface area contributed by atoms with Gasteiger partial charge >= 0.3 is 17.9 Å². The Morgan fingerprint density at radius 2 is 1.65 bits per heavy atom. The Balaban J connectivity index is 4.63. The van der Waals surface area contributed by atoms with Crippen molar-refractivity contribution in [2.45, 2.75) is 39.4 Å². The van der Waals surface area contributed by atoms with Crippen LogP contribution in [0.25, 0.3) is 0 Å². The first-order chi connectivity index (χ1) is 7.55. The maximum atomic E-state index is 11.2. The molecular formula is C10H16O7. The SMILES string of the molecule is CC(C)(C)C(OC(=O)C(O)CC(=O)O)C(=O)O. The second kappa shape index (κ2) is 5.62. The van der Waals surface area contributed by atoms with Crippen molar-refractivity contribution >= 4 is 17.9 Å². The molecule has 7 nitrogen and oxygen atoms in total. The third-order valence-corrected chi connectivity index (χ3v) is 1.88. The summed E-state index contributed by atoms with van der Waals surface area (Å²) in [6, 6.07) is 0. The van der Waals surface area contributed by atoms with Crippen molar-refractivity contribution in [1.29, 1.82) is 0 Å². The van der Waals surface area contributed by atoms with E-state index in [-0.39, 0.29) is 0 Å². The van der Waals surface area contributed by atoms with E-state index in [9.17, 15) is 14.4 Å². The van der Waals surface area contributed by atoms with Crippen LogP contribution in [0.1, 0.15) is 27.2 Å². The van der Waals surface area contributed by atoms with Crippen LogP contribution in [0, 0.1) is 5.41 Å². The van der Waals surface area contributed by atoms with Crippen molar-refractivity contribution in [2.24, 2.45) is 5.41 Å². The van der Waals surface area contributed by atoms with Crippen molar-refractivity contribution in [3.63, 3.8) is 0 Å². The Morgan fingerprint density at radius 3 is 1.94 bits per heavy atom. The van der Waals surface area contributed by atoms with Gasteiger partial charge in [0.15, 0.2) is 6.10 Å². The Labute approximate surface area is 98.0 Å². The number of aliphatic carboxylic acids is 2.